The number of carbonyl (C=O) groups excluding carboxylic acids is 1. The Bertz CT molecular complexity index is 1190. The molecule has 1 aliphatic heterocycles. The lowest BCUT2D eigenvalue weighted by atomic mass is 9.87. The van der Waals surface area contributed by atoms with Gasteiger partial charge in [0.25, 0.3) is 0 Å². The van der Waals surface area contributed by atoms with Gasteiger partial charge in [-0.1, -0.05) is 110 Å². The summed E-state index contributed by atoms with van der Waals surface area (Å²) in [6, 6.07) is 2.18. The number of unbranched alkanes of at least 4 members (excludes halogenated alkanes) is 3. The van der Waals surface area contributed by atoms with Crippen LogP contribution in [0, 0.1) is 17.2 Å². The summed E-state index contributed by atoms with van der Waals surface area (Å²) in [5, 5.41) is 8.85. The molecule has 0 N–H and O–H groups in total. The second-order valence-corrected chi connectivity index (χ2v) is 14.0. The molecule has 0 spiro atoms. The molecule has 1 unspecified atom stereocenters. The van der Waals surface area contributed by atoms with Crippen LogP contribution in [-0.2, 0) is 4.74 Å². The Morgan fingerprint density at radius 1 is 0.900 bits per heavy atom. The first-order valence-electron chi connectivity index (χ1n) is 19.4. The highest BCUT2D eigenvalue weighted by Gasteiger charge is 2.27. The molecule has 1 fully saturated rings. The minimum atomic E-state index is -0.464. The zero-order valence-electron chi connectivity index (χ0n) is 34.9. The van der Waals surface area contributed by atoms with Crippen LogP contribution < -0.4 is 0 Å². The van der Waals surface area contributed by atoms with E-state index in [9.17, 15) is 4.79 Å². The molecule has 1 aliphatic rings. The molecule has 0 saturated carbocycles. The Balaban J connectivity index is 0. The molecule has 50 heavy (non-hydrogen) atoms. The second kappa shape index (κ2) is 29.4. The number of carbonyl (C=O) groups is 1. The quantitative estimate of drug-likeness (QED) is 0.0741. The molecule has 1 atom stereocenters. The molecule has 1 saturated heterocycles. The van der Waals surface area contributed by atoms with Gasteiger partial charge in [-0.3, -0.25) is 4.99 Å². The monoisotopic (exact) mass is 693 g/mol. The lowest BCUT2D eigenvalue weighted by Gasteiger charge is -2.38. The van der Waals surface area contributed by atoms with Crippen LogP contribution in [0.25, 0.3) is 0 Å². The topological polar surface area (TPSA) is 68.9 Å². The van der Waals surface area contributed by atoms with Crippen LogP contribution in [0.5, 0.6) is 0 Å². The van der Waals surface area contributed by atoms with Gasteiger partial charge in [0.15, 0.2) is 0 Å². The first-order valence-corrected chi connectivity index (χ1v) is 19.4. The van der Waals surface area contributed by atoms with Gasteiger partial charge >= 0.3 is 6.09 Å². The third-order valence-electron chi connectivity index (χ3n) is 8.26. The Hall–Kier alpha value is -3.33. The zero-order chi connectivity index (χ0) is 38.5. The van der Waals surface area contributed by atoms with Crippen molar-refractivity contribution in [2.75, 3.05) is 26.2 Å². The highest BCUT2D eigenvalue weighted by atomic mass is 16.6. The fraction of sp³-hybridized carbons (Fsp3) is 0.659. The van der Waals surface area contributed by atoms with E-state index in [0.717, 1.165) is 56.5 Å². The largest absolute Gasteiger partial charge is 0.444 e. The summed E-state index contributed by atoms with van der Waals surface area (Å²) in [6.07, 6.45) is 24.6. The average Bonchev–Trinajstić information content (AvgIpc) is 3.08. The number of ether oxygens (including phenoxy) is 1. The molecule has 0 aromatic carbocycles. The maximum atomic E-state index is 12.4. The third kappa shape index (κ3) is 22.4. The Labute approximate surface area is 309 Å². The fourth-order valence-corrected chi connectivity index (χ4v) is 5.28. The van der Waals surface area contributed by atoms with E-state index in [1.165, 1.54) is 48.1 Å². The van der Waals surface area contributed by atoms with Crippen molar-refractivity contribution in [2.45, 2.75) is 160 Å². The van der Waals surface area contributed by atoms with Crippen molar-refractivity contribution in [3.05, 3.63) is 70.6 Å². The Morgan fingerprint density at radius 2 is 1.46 bits per heavy atom. The van der Waals surface area contributed by atoms with E-state index in [2.05, 4.69) is 99.3 Å². The molecule has 1 rings (SSSR count). The molecule has 6 nitrogen and oxygen atoms in total. The minimum Gasteiger partial charge on any atom is -0.444 e. The number of amides is 1. The van der Waals surface area contributed by atoms with E-state index in [0.29, 0.717) is 19.0 Å². The van der Waals surface area contributed by atoms with Crippen molar-refractivity contribution in [3.8, 4) is 6.07 Å². The van der Waals surface area contributed by atoms with E-state index in [1.807, 2.05) is 56.2 Å². The molecular weight excluding hydrogens is 617 g/mol. The van der Waals surface area contributed by atoms with Crippen molar-refractivity contribution in [1.82, 2.24) is 9.80 Å². The Morgan fingerprint density at radius 3 is 1.90 bits per heavy atom. The number of piperazine rings is 1. The number of rotatable bonds is 15. The summed E-state index contributed by atoms with van der Waals surface area (Å²) in [7, 11) is 0. The van der Waals surface area contributed by atoms with Crippen molar-refractivity contribution < 1.29 is 9.53 Å². The summed E-state index contributed by atoms with van der Waals surface area (Å²) < 4.78 is 5.54. The summed E-state index contributed by atoms with van der Waals surface area (Å²) in [4.78, 5) is 21.3. The predicted octanol–water partition coefficient (Wildman–Crippen LogP) is 12.9. The molecule has 6 heteroatoms. The van der Waals surface area contributed by atoms with E-state index >= 15 is 0 Å². The molecule has 0 bridgehead atoms. The first kappa shape index (κ1) is 48.8. The standard InChI is InChI=1S/C25H43N3O2.C13H19N.C6H14/c1-10-13-14-26-20(5)23(22(12-3)19(4)11-2)21(6)27-15-17-28(18-16-27)24(29)30-25(7,8)9;1-4-6-7-9-13(11-14)10-12(3)8-5-2;1-3-5-6-4-2/h12-14,19H,10-11,15-18H2,1-9H3;6-7,9-10H,4-5,8H2,1-3H3;3-6H2,1-2H3/b14-13+,22-12-,23-21-,26-20+;7-6+,12-10+,13-9+;. The summed E-state index contributed by atoms with van der Waals surface area (Å²) in [5.41, 5.74) is 6.40. The number of nitrogens with zero attached hydrogens (tertiary/aromatic N) is 4. The predicted molar refractivity (Wildman–Crippen MR) is 219 cm³/mol. The fourth-order valence-electron chi connectivity index (χ4n) is 5.28. The molecule has 1 heterocycles. The van der Waals surface area contributed by atoms with Gasteiger partial charge in [-0.15, -0.1) is 0 Å². The number of hydrogen-bond donors (Lipinski definition) is 0. The van der Waals surface area contributed by atoms with Gasteiger partial charge in [-0.25, -0.2) is 4.79 Å². The van der Waals surface area contributed by atoms with Crippen LogP contribution >= 0.6 is 0 Å². The number of hydrogen-bond acceptors (Lipinski definition) is 5. The van der Waals surface area contributed by atoms with Crippen molar-refractivity contribution in [2.24, 2.45) is 10.9 Å². The third-order valence-corrected chi connectivity index (χ3v) is 8.26. The molecule has 0 aromatic rings. The Kier molecular flexibility index (Phi) is 28.7. The van der Waals surface area contributed by atoms with Gasteiger partial charge in [-0.2, -0.15) is 5.26 Å². The normalized spacial score (nSPS) is 15.9. The number of allylic oxidation sites excluding steroid dienone is 11. The summed E-state index contributed by atoms with van der Waals surface area (Å²) >= 11 is 0. The van der Waals surface area contributed by atoms with E-state index in [-0.39, 0.29) is 6.09 Å². The van der Waals surface area contributed by atoms with Gasteiger partial charge in [0, 0.05) is 49.4 Å². The van der Waals surface area contributed by atoms with Crippen LogP contribution in [0.15, 0.2) is 75.6 Å². The van der Waals surface area contributed by atoms with Crippen LogP contribution in [-0.4, -0.2) is 53.4 Å². The first-order chi connectivity index (χ1) is 23.7. The smallest absolute Gasteiger partial charge is 0.410 e. The van der Waals surface area contributed by atoms with Gasteiger partial charge < -0.3 is 14.5 Å². The average molecular weight is 693 g/mol. The van der Waals surface area contributed by atoms with Gasteiger partial charge in [0.2, 0.25) is 0 Å². The molecule has 284 valence electrons. The van der Waals surface area contributed by atoms with Gasteiger partial charge in [0.1, 0.15) is 5.60 Å². The van der Waals surface area contributed by atoms with Gasteiger partial charge in [0.05, 0.1) is 11.6 Å². The number of nitriles is 1. The van der Waals surface area contributed by atoms with Crippen molar-refractivity contribution >= 4 is 11.8 Å². The zero-order valence-corrected chi connectivity index (χ0v) is 34.9. The molecular formula is C44H76N4O2. The molecule has 1 amide bonds. The molecule has 0 radical (unpaired) electrons. The number of aliphatic imine (C=N–C) groups is 1. The van der Waals surface area contributed by atoms with Crippen molar-refractivity contribution in [3.63, 3.8) is 0 Å². The molecule has 0 aliphatic carbocycles. The van der Waals surface area contributed by atoms with Gasteiger partial charge in [-0.05, 0) is 97.8 Å². The minimum absolute atomic E-state index is 0.222. The highest BCUT2D eigenvalue weighted by Crippen LogP contribution is 2.29. The summed E-state index contributed by atoms with van der Waals surface area (Å²) in [5.74, 6) is 0.461. The summed E-state index contributed by atoms with van der Waals surface area (Å²) in [6.45, 7) is 32.4. The van der Waals surface area contributed by atoms with Crippen LogP contribution in [0.4, 0.5) is 4.79 Å². The van der Waals surface area contributed by atoms with Crippen LogP contribution in [0.2, 0.25) is 0 Å². The SMILES string of the molecule is CC/C=C/C=C(C#N)\C=C(/C)CCC.CCCCCC.C\C=C(C(/C(C)=N/C=C/CC)=C(/C)N1CCN(C(=O)OC(C)(C)C)CC1)\C(C)CC. The lowest BCUT2D eigenvalue weighted by Crippen LogP contribution is -2.49. The maximum absolute atomic E-state index is 12.4. The van der Waals surface area contributed by atoms with E-state index < -0.39 is 5.60 Å². The van der Waals surface area contributed by atoms with Crippen LogP contribution in [0.1, 0.15) is 155 Å². The van der Waals surface area contributed by atoms with E-state index in [1.54, 1.807) is 0 Å². The second-order valence-electron chi connectivity index (χ2n) is 14.0. The van der Waals surface area contributed by atoms with Crippen LogP contribution in [0.3, 0.4) is 0 Å². The van der Waals surface area contributed by atoms with Crippen molar-refractivity contribution in [1.29, 1.82) is 5.26 Å². The highest BCUT2D eigenvalue weighted by molar-refractivity contribution is 6.03. The maximum Gasteiger partial charge on any atom is 0.410 e. The molecule has 0 aromatic heterocycles. The lowest BCUT2D eigenvalue weighted by molar-refractivity contribution is 0.0168. The van der Waals surface area contributed by atoms with E-state index in [4.69, 9.17) is 15.0 Å².